The van der Waals surface area contributed by atoms with Gasteiger partial charge in [0.25, 0.3) is 0 Å². The third-order valence-electron chi connectivity index (χ3n) is 1.68. The Hall–Kier alpha value is -1.00. The molecule has 74 valence electrons. The highest BCUT2D eigenvalue weighted by Gasteiger charge is 2.06. The molecule has 0 atom stereocenters. The van der Waals surface area contributed by atoms with E-state index in [2.05, 4.69) is 11.8 Å². The van der Waals surface area contributed by atoms with E-state index in [4.69, 9.17) is 11.6 Å². The Morgan fingerprint density at radius 2 is 2.00 bits per heavy atom. The van der Waals surface area contributed by atoms with Crippen LogP contribution in [0.15, 0.2) is 18.2 Å². The Bertz CT molecular complexity index is 391. The molecule has 0 amide bonds. The van der Waals surface area contributed by atoms with Crippen molar-refractivity contribution in [1.82, 2.24) is 0 Å². The molecule has 0 aliphatic carbocycles. The minimum atomic E-state index is -0.568. The maximum absolute atomic E-state index is 13.1. The molecule has 0 saturated heterocycles. The zero-order chi connectivity index (χ0) is 10.8. The van der Waals surface area contributed by atoms with Crippen LogP contribution >= 0.6 is 11.6 Å². The van der Waals surface area contributed by atoms with E-state index in [1.807, 2.05) is 0 Å². The number of alkyl halides is 1. The van der Waals surface area contributed by atoms with Crippen LogP contribution in [-0.4, -0.2) is 4.87 Å². The second-order valence-corrected chi connectivity index (χ2v) is 4.63. The lowest BCUT2D eigenvalue weighted by Gasteiger charge is -2.03. The van der Waals surface area contributed by atoms with E-state index >= 15 is 0 Å². The summed E-state index contributed by atoms with van der Waals surface area (Å²) in [6, 6.07) is 4.92. The average Bonchev–Trinajstić information content (AvgIpc) is 2.06. The maximum Gasteiger partial charge on any atom is 0.127 e. The van der Waals surface area contributed by atoms with Gasteiger partial charge in [-0.3, -0.25) is 0 Å². The molecule has 0 nitrogen and oxygen atoms in total. The number of hydrogen-bond acceptors (Lipinski definition) is 0. The monoisotopic (exact) mass is 210 g/mol. The molecule has 0 unspecified atom stereocenters. The van der Waals surface area contributed by atoms with E-state index in [0.29, 0.717) is 11.1 Å². The van der Waals surface area contributed by atoms with Crippen LogP contribution < -0.4 is 0 Å². The van der Waals surface area contributed by atoms with Crippen molar-refractivity contribution in [1.29, 1.82) is 0 Å². The second kappa shape index (κ2) is 4.02. The highest BCUT2D eigenvalue weighted by molar-refractivity contribution is 6.25. The summed E-state index contributed by atoms with van der Waals surface area (Å²) < 4.78 is 13.1. The van der Waals surface area contributed by atoms with Gasteiger partial charge < -0.3 is 0 Å². The summed E-state index contributed by atoms with van der Waals surface area (Å²) in [6.07, 6.45) is 0. The van der Waals surface area contributed by atoms with E-state index in [-0.39, 0.29) is 5.82 Å². The number of benzene rings is 1. The van der Waals surface area contributed by atoms with Crippen molar-refractivity contribution in [3.8, 4) is 11.8 Å². The fraction of sp³-hybridized carbons (Fsp3) is 0.333. The first-order valence-electron chi connectivity index (χ1n) is 4.37. The number of aryl methyl sites for hydroxylation is 1. The lowest BCUT2D eigenvalue weighted by Crippen LogP contribution is -2.04. The summed E-state index contributed by atoms with van der Waals surface area (Å²) in [5, 5.41) is 0. The van der Waals surface area contributed by atoms with Gasteiger partial charge in [-0.15, -0.1) is 11.6 Å². The zero-order valence-electron chi connectivity index (χ0n) is 8.49. The largest absolute Gasteiger partial charge is 0.207 e. The van der Waals surface area contributed by atoms with E-state index in [9.17, 15) is 4.39 Å². The summed E-state index contributed by atoms with van der Waals surface area (Å²) in [5.41, 5.74) is 1.28. The molecular formula is C12H12ClF. The van der Waals surface area contributed by atoms with Gasteiger partial charge in [-0.25, -0.2) is 4.39 Å². The van der Waals surface area contributed by atoms with Gasteiger partial charge in [0, 0.05) is 5.56 Å². The Labute approximate surface area is 89.1 Å². The highest BCUT2D eigenvalue weighted by Crippen LogP contribution is 2.12. The van der Waals surface area contributed by atoms with Crippen LogP contribution in [0.3, 0.4) is 0 Å². The van der Waals surface area contributed by atoms with Crippen LogP contribution in [0.4, 0.5) is 4.39 Å². The smallest absolute Gasteiger partial charge is 0.127 e. The predicted molar refractivity (Wildman–Crippen MR) is 57.9 cm³/mol. The minimum absolute atomic E-state index is 0.232. The van der Waals surface area contributed by atoms with Crippen LogP contribution in [0.5, 0.6) is 0 Å². The van der Waals surface area contributed by atoms with E-state index in [1.165, 1.54) is 6.07 Å². The number of halogens is 2. The first kappa shape index (κ1) is 11.1. The third-order valence-corrected chi connectivity index (χ3v) is 1.77. The number of hydrogen-bond donors (Lipinski definition) is 0. The first-order valence-corrected chi connectivity index (χ1v) is 4.74. The van der Waals surface area contributed by atoms with Crippen molar-refractivity contribution in [2.75, 3.05) is 0 Å². The standard InChI is InChI=1S/C12H12ClF/c1-9-4-5-10(8-11(9)14)6-7-12(2,3)13/h4-5,8H,1-3H3. The van der Waals surface area contributed by atoms with Crippen LogP contribution in [0.25, 0.3) is 0 Å². The third kappa shape index (κ3) is 3.40. The number of rotatable bonds is 0. The average molecular weight is 211 g/mol. The van der Waals surface area contributed by atoms with Crippen LogP contribution in [0, 0.1) is 24.6 Å². The predicted octanol–water partition coefficient (Wildman–Crippen LogP) is 3.50. The van der Waals surface area contributed by atoms with E-state index in [0.717, 1.165) is 0 Å². The summed E-state index contributed by atoms with van der Waals surface area (Å²) in [5.74, 6) is 5.43. The topological polar surface area (TPSA) is 0 Å². The lowest BCUT2D eigenvalue weighted by atomic mass is 10.1. The molecule has 0 heterocycles. The van der Waals surface area contributed by atoms with Gasteiger partial charge in [0.2, 0.25) is 0 Å². The van der Waals surface area contributed by atoms with Crippen molar-refractivity contribution < 1.29 is 4.39 Å². The quantitative estimate of drug-likeness (QED) is 0.454. The van der Waals surface area contributed by atoms with E-state index in [1.54, 1.807) is 32.9 Å². The molecule has 2 heteroatoms. The zero-order valence-corrected chi connectivity index (χ0v) is 9.24. The highest BCUT2D eigenvalue weighted by atomic mass is 35.5. The Balaban J connectivity index is 2.98. The van der Waals surface area contributed by atoms with Gasteiger partial charge in [0.15, 0.2) is 0 Å². The summed E-state index contributed by atoms with van der Waals surface area (Å²) >= 11 is 5.89. The van der Waals surface area contributed by atoms with Gasteiger partial charge in [-0.1, -0.05) is 17.9 Å². The Morgan fingerprint density at radius 1 is 1.36 bits per heavy atom. The molecule has 0 N–H and O–H groups in total. The van der Waals surface area contributed by atoms with Crippen molar-refractivity contribution in [2.24, 2.45) is 0 Å². The molecule has 1 aromatic rings. The molecule has 0 bridgehead atoms. The maximum atomic E-state index is 13.1. The minimum Gasteiger partial charge on any atom is -0.207 e. The fourth-order valence-electron chi connectivity index (χ4n) is 0.891. The molecule has 1 rings (SSSR count). The Morgan fingerprint density at radius 3 is 2.50 bits per heavy atom. The van der Waals surface area contributed by atoms with Crippen molar-refractivity contribution >= 4 is 11.6 Å². The molecular weight excluding hydrogens is 199 g/mol. The van der Waals surface area contributed by atoms with Crippen LogP contribution in [0.2, 0.25) is 0 Å². The molecule has 0 radical (unpaired) electrons. The van der Waals surface area contributed by atoms with Crippen molar-refractivity contribution in [3.63, 3.8) is 0 Å². The van der Waals surface area contributed by atoms with Gasteiger partial charge in [-0.05, 0) is 38.5 Å². The molecule has 0 aromatic heterocycles. The van der Waals surface area contributed by atoms with E-state index < -0.39 is 4.87 Å². The van der Waals surface area contributed by atoms with Gasteiger partial charge in [0.1, 0.15) is 5.82 Å². The second-order valence-electron chi connectivity index (χ2n) is 3.69. The first-order chi connectivity index (χ1) is 6.38. The molecule has 0 spiro atoms. The van der Waals surface area contributed by atoms with Crippen LogP contribution in [0.1, 0.15) is 25.0 Å². The Kier molecular flexibility index (Phi) is 3.18. The molecule has 0 aliphatic rings. The lowest BCUT2D eigenvalue weighted by molar-refractivity contribution is 0.618. The fourth-order valence-corrected chi connectivity index (χ4v) is 0.939. The van der Waals surface area contributed by atoms with Crippen LogP contribution in [-0.2, 0) is 0 Å². The molecule has 0 fully saturated rings. The molecule has 0 aliphatic heterocycles. The van der Waals surface area contributed by atoms with Gasteiger partial charge in [-0.2, -0.15) is 0 Å². The summed E-state index contributed by atoms with van der Waals surface area (Å²) in [7, 11) is 0. The molecule has 1 aromatic carbocycles. The van der Waals surface area contributed by atoms with Crippen molar-refractivity contribution in [3.05, 3.63) is 35.1 Å². The SMILES string of the molecule is Cc1ccc(C#CC(C)(C)Cl)cc1F. The molecule has 14 heavy (non-hydrogen) atoms. The van der Waals surface area contributed by atoms with Crippen molar-refractivity contribution in [2.45, 2.75) is 25.6 Å². The van der Waals surface area contributed by atoms with Gasteiger partial charge >= 0.3 is 0 Å². The normalized spacial score (nSPS) is 10.6. The van der Waals surface area contributed by atoms with Gasteiger partial charge in [0.05, 0.1) is 4.87 Å². The molecule has 0 saturated carbocycles. The summed E-state index contributed by atoms with van der Waals surface area (Å²) in [4.78, 5) is -0.568. The summed E-state index contributed by atoms with van der Waals surface area (Å²) in [6.45, 7) is 5.32.